The largest absolute Gasteiger partial charge is 0.508 e. The lowest BCUT2D eigenvalue weighted by Gasteiger charge is -2.12. The predicted octanol–water partition coefficient (Wildman–Crippen LogP) is 1.80. The number of ether oxygens (including phenoxy) is 2. The van der Waals surface area contributed by atoms with E-state index in [4.69, 9.17) is 9.47 Å². The summed E-state index contributed by atoms with van der Waals surface area (Å²) in [4.78, 5) is 23.7. The normalized spacial score (nSPS) is 10.0. The Morgan fingerprint density at radius 3 is 2.36 bits per heavy atom. The minimum absolute atomic E-state index is 0.00542. The molecule has 25 heavy (non-hydrogen) atoms. The van der Waals surface area contributed by atoms with E-state index in [0.717, 1.165) is 6.07 Å². The van der Waals surface area contributed by atoms with Crippen molar-refractivity contribution in [3.63, 3.8) is 0 Å². The molecule has 2 rings (SSSR count). The molecular weight excluding hydrogens is 331 g/mol. The van der Waals surface area contributed by atoms with Gasteiger partial charge in [0.1, 0.15) is 5.75 Å². The maximum atomic E-state index is 14.0. The molecule has 0 saturated heterocycles. The Hall–Kier alpha value is -3.29. The van der Waals surface area contributed by atoms with Gasteiger partial charge < -0.3 is 25.2 Å². The van der Waals surface area contributed by atoms with Gasteiger partial charge in [-0.05, 0) is 6.07 Å². The van der Waals surface area contributed by atoms with Crippen LogP contribution in [0.4, 0.5) is 10.1 Å². The van der Waals surface area contributed by atoms with Crippen molar-refractivity contribution in [3.05, 3.63) is 47.8 Å². The Morgan fingerprint density at radius 2 is 1.72 bits per heavy atom. The molecule has 0 aromatic heterocycles. The first-order valence-corrected chi connectivity index (χ1v) is 7.23. The van der Waals surface area contributed by atoms with Crippen LogP contribution in [0.25, 0.3) is 0 Å². The lowest BCUT2D eigenvalue weighted by molar-refractivity contribution is -0.136. The van der Waals surface area contributed by atoms with Gasteiger partial charge in [-0.1, -0.05) is 18.2 Å². The highest BCUT2D eigenvalue weighted by atomic mass is 19.1. The van der Waals surface area contributed by atoms with Crippen LogP contribution in [0.5, 0.6) is 17.2 Å². The zero-order valence-electron chi connectivity index (χ0n) is 13.6. The van der Waals surface area contributed by atoms with Crippen molar-refractivity contribution >= 4 is 17.5 Å². The van der Waals surface area contributed by atoms with Gasteiger partial charge in [0, 0.05) is 24.2 Å². The summed E-state index contributed by atoms with van der Waals surface area (Å²) < 4.78 is 23.9. The van der Waals surface area contributed by atoms with E-state index in [-0.39, 0.29) is 29.5 Å². The maximum absolute atomic E-state index is 14.0. The first-order valence-electron chi connectivity index (χ1n) is 7.23. The molecule has 0 spiro atoms. The van der Waals surface area contributed by atoms with Gasteiger partial charge >= 0.3 is 11.8 Å². The summed E-state index contributed by atoms with van der Waals surface area (Å²) >= 11 is 0. The maximum Gasteiger partial charge on any atom is 0.313 e. The van der Waals surface area contributed by atoms with E-state index >= 15 is 0 Å². The Morgan fingerprint density at radius 1 is 1.08 bits per heavy atom. The number of nitrogens with one attached hydrogen (secondary N) is 2. The molecule has 0 radical (unpaired) electrons. The van der Waals surface area contributed by atoms with E-state index in [1.807, 2.05) is 0 Å². The molecule has 0 unspecified atom stereocenters. The summed E-state index contributed by atoms with van der Waals surface area (Å²) in [5.41, 5.74) is 0.223. The number of halogens is 1. The van der Waals surface area contributed by atoms with Crippen LogP contribution in [-0.4, -0.2) is 31.1 Å². The average molecular weight is 348 g/mol. The van der Waals surface area contributed by atoms with Crippen LogP contribution in [0.15, 0.2) is 36.4 Å². The van der Waals surface area contributed by atoms with E-state index in [9.17, 15) is 19.1 Å². The van der Waals surface area contributed by atoms with Gasteiger partial charge in [-0.25, -0.2) is 4.39 Å². The number of para-hydroxylation sites is 1. The summed E-state index contributed by atoms with van der Waals surface area (Å²) in [6, 6.07) is 8.62. The third-order valence-corrected chi connectivity index (χ3v) is 3.36. The topological polar surface area (TPSA) is 96.9 Å². The van der Waals surface area contributed by atoms with E-state index in [2.05, 4.69) is 10.6 Å². The number of phenols is 1. The standard InChI is InChI=1S/C17H17FN2O5/c1-24-14-7-11(18)12(8-15(14)25-2)20-17(23)16(22)19-9-10-5-3-4-6-13(10)21/h3-8,21H,9H2,1-2H3,(H,19,22)(H,20,23). The number of phenolic OH excluding ortho intramolecular Hbond substituents is 1. The number of benzene rings is 2. The first-order chi connectivity index (χ1) is 12.0. The molecule has 3 N–H and O–H groups in total. The zero-order chi connectivity index (χ0) is 18.4. The van der Waals surface area contributed by atoms with Gasteiger partial charge in [-0.3, -0.25) is 9.59 Å². The van der Waals surface area contributed by atoms with E-state index < -0.39 is 17.6 Å². The second-order valence-electron chi connectivity index (χ2n) is 4.95. The fourth-order valence-electron chi connectivity index (χ4n) is 2.05. The highest BCUT2D eigenvalue weighted by Gasteiger charge is 2.18. The molecule has 0 saturated carbocycles. The van der Waals surface area contributed by atoms with E-state index in [1.165, 1.54) is 26.4 Å². The molecule has 0 bridgehead atoms. The van der Waals surface area contributed by atoms with Crippen molar-refractivity contribution in [2.75, 3.05) is 19.5 Å². The Kier molecular flexibility index (Phi) is 5.78. The molecule has 8 heteroatoms. The zero-order valence-corrected chi connectivity index (χ0v) is 13.6. The summed E-state index contributed by atoms with van der Waals surface area (Å²) in [5.74, 6) is -2.46. The number of hydrogen-bond acceptors (Lipinski definition) is 5. The first kappa shape index (κ1) is 18.1. The van der Waals surface area contributed by atoms with E-state index in [0.29, 0.717) is 5.56 Å². The molecule has 0 aliphatic carbocycles. The molecule has 2 aromatic rings. The fraction of sp³-hybridized carbons (Fsp3) is 0.176. The lowest BCUT2D eigenvalue weighted by atomic mass is 10.2. The SMILES string of the molecule is COc1cc(F)c(NC(=O)C(=O)NCc2ccccc2O)cc1OC. The van der Waals surface area contributed by atoms with Gasteiger partial charge in [0.2, 0.25) is 0 Å². The quantitative estimate of drug-likeness (QED) is 0.716. The highest BCUT2D eigenvalue weighted by molar-refractivity contribution is 6.39. The molecule has 2 amide bonds. The number of carbonyl (C=O) groups excluding carboxylic acids is 2. The smallest absolute Gasteiger partial charge is 0.313 e. The molecule has 132 valence electrons. The van der Waals surface area contributed by atoms with Gasteiger partial charge in [0.25, 0.3) is 0 Å². The monoisotopic (exact) mass is 348 g/mol. The van der Waals surface area contributed by atoms with Crippen LogP contribution < -0.4 is 20.1 Å². The van der Waals surface area contributed by atoms with Crippen molar-refractivity contribution in [2.24, 2.45) is 0 Å². The fourth-order valence-corrected chi connectivity index (χ4v) is 2.05. The number of carbonyl (C=O) groups is 2. The minimum atomic E-state index is -1.05. The number of hydrogen-bond donors (Lipinski definition) is 3. The molecular formula is C17H17FN2O5. The van der Waals surface area contributed by atoms with Crippen LogP contribution >= 0.6 is 0 Å². The van der Waals surface area contributed by atoms with Crippen molar-refractivity contribution in [1.82, 2.24) is 5.32 Å². The summed E-state index contributed by atoms with van der Waals surface area (Å²) in [5, 5.41) is 14.1. The molecule has 0 heterocycles. The molecule has 0 aliphatic rings. The molecule has 0 atom stereocenters. The molecule has 0 fully saturated rings. The van der Waals surface area contributed by atoms with Crippen molar-refractivity contribution < 1.29 is 28.6 Å². The molecule has 7 nitrogen and oxygen atoms in total. The van der Waals surface area contributed by atoms with Crippen LogP contribution in [-0.2, 0) is 16.1 Å². The van der Waals surface area contributed by atoms with Gasteiger partial charge in [0.15, 0.2) is 17.3 Å². The van der Waals surface area contributed by atoms with Crippen LogP contribution in [0, 0.1) is 5.82 Å². The average Bonchev–Trinajstić information content (AvgIpc) is 2.61. The molecule has 2 aromatic carbocycles. The summed E-state index contributed by atoms with van der Waals surface area (Å²) in [7, 11) is 2.71. The summed E-state index contributed by atoms with van der Waals surface area (Å²) in [6.45, 7) is -0.0483. The second-order valence-corrected chi connectivity index (χ2v) is 4.95. The van der Waals surface area contributed by atoms with Crippen LogP contribution in [0.1, 0.15) is 5.56 Å². The Balaban J connectivity index is 2.04. The van der Waals surface area contributed by atoms with E-state index in [1.54, 1.807) is 18.2 Å². The number of anilines is 1. The van der Waals surface area contributed by atoms with Crippen molar-refractivity contribution in [3.8, 4) is 17.2 Å². The summed E-state index contributed by atoms with van der Waals surface area (Å²) in [6.07, 6.45) is 0. The number of amides is 2. The third-order valence-electron chi connectivity index (χ3n) is 3.36. The highest BCUT2D eigenvalue weighted by Crippen LogP contribution is 2.32. The number of methoxy groups -OCH3 is 2. The Labute approximate surface area is 143 Å². The number of rotatable bonds is 5. The third kappa shape index (κ3) is 4.37. The van der Waals surface area contributed by atoms with Crippen molar-refractivity contribution in [1.29, 1.82) is 0 Å². The van der Waals surface area contributed by atoms with Crippen LogP contribution in [0.2, 0.25) is 0 Å². The lowest BCUT2D eigenvalue weighted by Crippen LogP contribution is -2.35. The van der Waals surface area contributed by atoms with Crippen molar-refractivity contribution in [2.45, 2.75) is 6.54 Å². The van der Waals surface area contributed by atoms with Gasteiger partial charge in [-0.2, -0.15) is 0 Å². The van der Waals surface area contributed by atoms with Gasteiger partial charge in [0.05, 0.1) is 19.9 Å². The predicted molar refractivity (Wildman–Crippen MR) is 88.1 cm³/mol. The van der Waals surface area contributed by atoms with Gasteiger partial charge in [-0.15, -0.1) is 0 Å². The number of aromatic hydroxyl groups is 1. The second kappa shape index (κ2) is 8.00. The Bertz CT molecular complexity index is 795. The molecule has 0 aliphatic heterocycles. The minimum Gasteiger partial charge on any atom is -0.508 e. The van der Waals surface area contributed by atoms with Crippen LogP contribution in [0.3, 0.4) is 0 Å².